The van der Waals surface area contributed by atoms with Crippen molar-refractivity contribution in [1.29, 1.82) is 0 Å². The van der Waals surface area contributed by atoms with Gasteiger partial charge in [0.15, 0.2) is 0 Å². The molecule has 188 valence electrons. The first-order chi connectivity index (χ1) is 16.5. The van der Waals surface area contributed by atoms with E-state index >= 15 is 0 Å². The Morgan fingerprint density at radius 3 is 2.65 bits per heavy atom. The second-order valence-electron chi connectivity index (χ2n) is 10.2. The summed E-state index contributed by atoms with van der Waals surface area (Å²) in [5, 5.41) is 21.3. The molecule has 1 fully saturated rings. The molecule has 0 radical (unpaired) electrons. The Balaban J connectivity index is 1.63. The van der Waals surface area contributed by atoms with Crippen molar-refractivity contribution >= 4 is 0 Å². The molecule has 1 saturated carbocycles. The van der Waals surface area contributed by atoms with E-state index in [1.807, 2.05) is 26.0 Å². The SMILES string of the molecule is CC#CC[C@@H](C)[C@H](O)/C=C/[C@@H]1[C@H]2c3cccc(CCCCN(CCC)CCC)c3O[C@H]2C[C@H]1O. The van der Waals surface area contributed by atoms with Crippen molar-refractivity contribution < 1.29 is 14.9 Å². The predicted octanol–water partition coefficient (Wildman–Crippen LogP) is 5.32. The van der Waals surface area contributed by atoms with Gasteiger partial charge in [-0.25, -0.2) is 0 Å². The van der Waals surface area contributed by atoms with Gasteiger partial charge >= 0.3 is 0 Å². The summed E-state index contributed by atoms with van der Waals surface area (Å²) in [5.41, 5.74) is 2.53. The van der Waals surface area contributed by atoms with Gasteiger partial charge < -0.3 is 19.8 Å². The smallest absolute Gasteiger partial charge is 0.126 e. The average molecular weight is 468 g/mol. The first-order valence-electron chi connectivity index (χ1n) is 13.4. The lowest BCUT2D eigenvalue weighted by molar-refractivity contribution is 0.134. The molecule has 1 aromatic rings. The van der Waals surface area contributed by atoms with Crippen LogP contribution in [-0.4, -0.2) is 53.1 Å². The Morgan fingerprint density at radius 1 is 1.18 bits per heavy atom. The molecular weight excluding hydrogens is 422 g/mol. The topological polar surface area (TPSA) is 52.9 Å². The molecule has 1 aliphatic heterocycles. The number of nitrogens with zero attached hydrogens (tertiary/aromatic N) is 1. The Labute approximate surface area is 207 Å². The summed E-state index contributed by atoms with van der Waals surface area (Å²) < 4.78 is 6.44. The van der Waals surface area contributed by atoms with Crippen molar-refractivity contribution in [3.63, 3.8) is 0 Å². The zero-order chi connectivity index (χ0) is 24.5. The van der Waals surface area contributed by atoms with Gasteiger partial charge in [0.05, 0.1) is 12.2 Å². The van der Waals surface area contributed by atoms with Crippen LogP contribution in [0.15, 0.2) is 30.4 Å². The third kappa shape index (κ3) is 6.66. The van der Waals surface area contributed by atoms with Crippen LogP contribution in [0.25, 0.3) is 0 Å². The Kier molecular flexibility index (Phi) is 10.5. The van der Waals surface area contributed by atoms with Gasteiger partial charge in [0.1, 0.15) is 11.9 Å². The molecule has 0 unspecified atom stereocenters. The molecule has 1 aliphatic carbocycles. The van der Waals surface area contributed by atoms with Crippen molar-refractivity contribution in [2.24, 2.45) is 11.8 Å². The van der Waals surface area contributed by atoms with Crippen LogP contribution in [0.1, 0.15) is 83.3 Å². The lowest BCUT2D eigenvalue weighted by atomic mass is 9.86. The van der Waals surface area contributed by atoms with Crippen molar-refractivity contribution in [2.75, 3.05) is 19.6 Å². The van der Waals surface area contributed by atoms with E-state index < -0.39 is 12.2 Å². The molecule has 2 N–H and O–H groups in total. The molecule has 4 heteroatoms. The molecule has 4 nitrogen and oxygen atoms in total. The Bertz CT molecular complexity index is 848. The van der Waals surface area contributed by atoms with Crippen molar-refractivity contribution in [2.45, 2.75) is 96.9 Å². The van der Waals surface area contributed by atoms with Crippen LogP contribution in [-0.2, 0) is 6.42 Å². The number of hydrogen-bond acceptors (Lipinski definition) is 4. The van der Waals surface area contributed by atoms with E-state index in [1.165, 1.54) is 50.0 Å². The number of aliphatic hydroxyl groups excluding tert-OH is 2. The Morgan fingerprint density at radius 2 is 1.94 bits per heavy atom. The van der Waals surface area contributed by atoms with E-state index in [4.69, 9.17) is 4.74 Å². The van der Waals surface area contributed by atoms with Crippen molar-refractivity contribution in [3.8, 4) is 17.6 Å². The molecule has 6 atom stereocenters. The maximum absolute atomic E-state index is 10.8. The number of hydrogen-bond donors (Lipinski definition) is 2. The normalized spacial score (nSPS) is 25.0. The number of aryl methyl sites for hydroxylation is 1. The molecule has 0 saturated heterocycles. The van der Waals surface area contributed by atoms with E-state index in [0.717, 1.165) is 18.6 Å². The van der Waals surface area contributed by atoms with Crippen LogP contribution in [0.5, 0.6) is 5.75 Å². The number of unbranched alkanes of at least 4 members (excludes halogenated alkanes) is 1. The van der Waals surface area contributed by atoms with Crippen LogP contribution in [0.4, 0.5) is 0 Å². The largest absolute Gasteiger partial charge is 0.489 e. The van der Waals surface area contributed by atoms with Gasteiger partial charge in [0, 0.05) is 30.2 Å². The summed E-state index contributed by atoms with van der Waals surface area (Å²) in [4.78, 5) is 2.58. The zero-order valence-electron chi connectivity index (χ0n) is 21.7. The highest BCUT2D eigenvalue weighted by Gasteiger charge is 2.48. The fraction of sp³-hybridized carbons (Fsp3) is 0.667. The fourth-order valence-corrected chi connectivity index (χ4v) is 5.60. The minimum Gasteiger partial charge on any atom is -0.489 e. The lowest BCUT2D eigenvalue weighted by Crippen LogP contribution is -2.26. The third-order valence-electron chi connectivity index (χ3n) is 7.45. The van der Waals surface area contributed by atoms with Gasteiger partial charge in [-0.2, -0.15) is 0 Å². The van der Waals surface area contributed by atoms with Gasteiger partial charge in [0.25, 0.3) is 0 Å². The number of benzene rings is 1. The summed E-state index contributed by atoms with van der Waals surface area (Å²) in [6, 6.07) is 6.52. The monoisotopic (exact) mass is 467 g/mol. The number of ether oxygens (including phenoxy) is 1. The van der Waals surface area contributed by atoms with Gasteiger partial charge in [0.2, 0.25) is 0 Å². The molecule has 3 rings (SSSR count). The van der Waals surface area contributed by atoms with Crippen LogP contribution in [0, 0.1) is 23.7 Å². The van der Waals surface area contributed by atoms with Gasteiger partial charge in [-0.3, -0.25) is 0 Å². The summed E-state index contributed by atoms with van der Waals surface area (Å²) in [5.74, 6) is 7.19. The number of rotatable bonds is 13. The number of para-hydroxylation sites is 1. The summed E-state index contributed by atoms with van der Waals surface area (Å²) in [6.45, 7) is 11.9. The van der Waals surface area contributed by atoms with Crippen LogP contribution in [0.3, 0.4) is 0 Å². The van der Waals surface area contributed by atoms with Gasteiger partial charge in [-0.1, -0.05) is 51.1 Å². The minimum atomic E-state index is -0.555. The van der Waals surface area contributed by atoms with E-state index in [-0.39, 0.29) is 23.9 Å². The third-order valence-corrected chi connectivity index (χ3v) is 7.45. The van der Waals surface area contributed by atoms with E-state index in [9.17, 15) is 10.2 Å². The highest BCUT2D eigenvalue weighted by molar-refractivity contribution is 5.49. The number of fused-ring (bicyclic) bond motifs is 3. The zero-order valence-corrected chi connectivity index (χ0v) is 21.7. The maximum atomic E-state index is 10.8. The van der Waals surface area contributed by atoms with E-state index in [0.29, 0.717) is 12.8 Å². The van der Waals surface area contributed by atoms with Crippen LogP contribution >= 0.6 is 0 Å². The molecule has 0 aromatic heterocycles. The van der Waals surface area contributed by atoms with E-state index in [1.54, 1.807) is 0 Å². The molecule has 0 amide bonds. The van der Waals surface area contributed by atoms with Crippen molar-refractivity contribution in [3.05, 3.63) is 41.5 Å². The molecular formula is C30H45NO3. The fourth-order valence-electron chi connectivity index (χ4n) is 5.60. The van der Waals surface area contributed by atoms with E-state index in [2.05, 4.69) is 48.8 Å². The van der Waals surface area contributed by atoms with Crippen molar-refractivity contribution in [1.82, 2.24) is 4.90 Å². The molecule has 0 spiro atoms. The molecule has 34 heavy (non-hydrogen) atoms. The lowest BCUT2D eigenvalue weighted by Gasteiger charge is -2.21. The Hall–Kier alpha value is -1.80. The molecule has 1 heterocycles. The second kappa shape index (κ2) is 13.3. The molecule has 1 aromatic carbocycles. The minimum absolute atomic E-state index is 0.0194. The second-order valence-corrected chi connectivity index (χ2v) is 10.2. The summed E-state index contributed by atoms with van der Waals surface area (Å²) >= 11 is 0. The van der Waals surface area contributed by atoms with Crippen LogP contribution in [0.2, 0.25) is 0 Å². The average Bonchev–Trinajstić information content (AvgIpc) is 3.33. The first-order valence-corrected chi connectivity index (χ1v) is 13.4. The van der Waals surface area contributed by atoms with Gasteiger partial charge in [-0.15, -0.1) is 11.8 Å². The van der Waals surface area contributed by atoms with Gasteiger partial charge in [-0.05, 0) is 70.1 Å². The predicted molar refractivity (Wildman–Crippen MR) is 140 cm³/mol. The molecule has 2 aliphatic rings. The highest BCUT2D eigenvalue weighted by Crippen LogP contribution is 2.52. The molecule has 0 bridgehead atoms. The standard InChI is InChI=1S/C30H45NO3/c1-5-8-12-22(4)26(32)17-16-24-27(33)21-28-29(24)25-15-11-14-23(30(25)34-28)13-9-10-20-31(18-6-2)19-7-3/h11,14-17,22,24,26-29,32-33H,6-7,9-10,12-13,18-21H2,1-4H3/b17-16+/t22-,24+,26-,27-,28+,29+/m1/s1. The first kappa shape index (κ1) is 26.8. The van der Waals surface area contributed by atoms with Crippen LogP contribution < -0.4 is 4.74 Å². The quantitative estimate of drug-likeness (QED) is 0.234. The highest BCUT2D eigenvalue weighted by atomic mass is 16.5. The summed E-state index contributed by atoms with van der Waals surface area (Å²) in [6.07, 6.45) is 10.1. The maximum Gasteiger partial charge on any atom is 0.126 e. The summed E-state index contributed by atoms with van der Waals surface area (Å²) in [7, 11) is 0. The number of aliphatic hydroxyl groups is 2.